The van der Waals surface area contributed by atoms with E-state index in [0.717, 1.165) is 25.7 Å². The van der Waals surface area contributed by atoms with E-state index in [4.69, 9.17) is 10.8 Å². The highest BCUT2D eigenvalue weighted by atomic mass is 19.3. The largest absolute Gasteiger partial charge is 0.480 e. The molecule has 1 fully saturated rings. The predicted octanol–water partition coefficient (Wildman–Crippen LogP) is 2.70. The number of unbranched alkanes of at least 4 members (excludes halogenated alkanes) is 4. The lowest BCUT2D eigenvalue weighted by molar-refractivity contribution is -0.162. The first kappa shape index (κ1) is 18.0. The van der Waals surface area contributed by atoms with E-state index in [0.29, 0.717) is 19.3 Å². The number of allylic oxidation sites excluding steroid dienone is 2. The summed E-state index contributed by atoms with van der Waals surface area (Å²) in [6.45, 7) is 0. The fourth-order valence-corrected chi connectivity index (χ4v) is 2.66. The summed E-state index contributed by atoms with van der Waals surface area (Å²) in [6, 6.07) is 0. The van der Waals surface area contributed by atoms with Crippen LogP contribution in [0.4, 0.5) is 8.78 Å². The highest BCUT2D eigenvalue weighted by Gasteiger charge is 2.55. The first-order chi connectivity index (χ1) is 9.88. The summed E-state index contributed by atoms with van der Waals surface area (Å²) in [5.41, 5.74) is 4.09. The Bertz CT molecular complexity index is 363. The molecule has 4 nitrogen and oxygen atoms in total. The van der Waals surface area contributed by atoms with E-state index >= 15 is 0 Å². The number of aliphatic hydroxyl groups excluding tert-OH is 1. The number of rotatable bonds is 10. The molecule has 0 aromatic heterocycles. The van der Waals surface area contributed by atoms with E-state index < -0.39 is 24.0 Å². The first-order valence-electron chi connectivity index (χ1n) is 7.51. The van der Waals surface area contributed by atoms with Crippen molar-refractivity contribution in [2.75, 3.05) is 0 Å². The van der Waals surface area contributed by atoms with E-state index in [1.165, 1.54) is 0 Å². The zero-order chi connectivity index (χ0) is 15.9. The van der Waals surface area contributed by atoms with E-state index in [1.807, 2.05) is 12.2 Å². The molecule has 1 aliphatic carbocycles. The van der Waals surface area contributed by atoms with Gasteiger partial charge in [0.2, 0.25) is 6.43 Å². The van der Waals surface area contributed by atoms with Gasteiger partial charge < -0.3 is 15.9 Å². The minimum absolute atomic E-state index is 0.0141. The van der Waals surface area contributed by atoms with Gasteiger partial charge in [-0.3, -0.25) is 4.79 Å². The SMILES string of the molecule is NC1(C(=O)O)CC(C/C=C/CCCCCCC(F)F)C1O. The van der Waals surface area contributed by atoms with Gasteiger partial charge in [-0.15, -0.1) is 0 Å². The maximum Gasteiger partial charge on any atom is 0.326 e. The molecule has 1 saturated carbocycles. The zero-order valence-corrected chi connectivity index (χ0v) is 12.2. The van der Waals surface area contributed by atoms with Crippen molar-refractivity contribution in [3.05, 3.63) is 12.2 Å². The number of carbonyl (C=O) groups is 1. The normalized spacial score (nSPS) is 29.0. The van der Waals surface area contributed by atoms with Crippen LogP contribution in [0.5, 0.6) is 0 Å². The van der Waals surface area contributed by atoms with Crippen LogP contribution in [0.1, 0.15) is 51.4 Å². The van der Waals surface area contributed by atoms with Crippen LogP contribution in [0.3, 0.4) is 0 Å². The van der Waals surface area contributed by atoms with Crippen molar-refractivity contribution in [3.63, 3.8) is 0 Å². The van der Waals surface area contributed by atoms with Gasteiger partial charge in [0.25, 0.3) is 0 Å². The number of hydrogen-bond acceptors (Lipinski definition) is 3. The smallest absolute Gasteiger partial charge is 0.326 e. The van der Waals surface area contributed by atoms with Crippen molar-refractivity contribution in [1.29, 1.82) is 0 Å². The number of hydrogen-bond donors (Lipinski definition) is 3. The van der Waals surface area contributed by atoms with Gasteiger partial charge in [-0.25, -0.2) is 8.78 Å². The molecule has 4 N–H and O–H groups in total. The third-order valence-corrected chi connectivity index (χ3v) is 4.12. The average molecular weight is 305 g/mol. The molecule has 0 amide bonds. The summed E-state index contributed by atoms with van der Waals surface area (Å²) in [7, 11) is 0. The highest BCUT2D eigenvalue weighted by molar-refractivity contribution is 5.81. The zero-order valence-electron chi connectivity index (χ0n) is 12.2. The molecule has 0 radical (unpaired) electrons. The third kappa shape index (κ3) is 5.36. The summed E-state index contributed by atoms with van der Waals surface area (Å²) in [4.78, 5) is 10.9. The molecule has 21 heavy (non-hydrogen) atoms. The standard InChI is InChI=1S/C15H25F2NO3/c16-12(17)9-7-5-3-1-2-4-6-8-11-10-15(18,13(11)19)14(20)21/h4,6,11-13,19H,1-3,5,7-10,18H2,(H,20,21)/b6-4+. The Morgan fingerprint density at radius 3 is 2.52 bits per heavy atom. The topological polar surface area (TPSA) is 83.6 Å². The predicted molar refractivity (Wildman–Crippen MR) is 76.1 cm³/mol. The summed E-state index contributed by atoms with van der Waals surface area (Å²) < 4.78 is 23.8. The van der Waals surface area contributed by atoms with Gasteiger partial charge >= 0.3 is 5.97 Å². The van der Waals surface area contributed by atoms with Crippen LogP contribution in [-0.2, 0) is 4.79 Å². The lowest BCUT2D eigenvalue weighted by atomic mass is 9.64. The van der Waals surface area contributed by atoms with Crippen molar-refractivity contribution >= 4 is 5.97 Å². The van der Waals surface area contributed by atoms with Crippen LogP contribution in [0.25, 0.3) is 0 Å². The molecule has 1 aliphatic rings. The van der Waals surface area contributed by atoms with Crippen LogP contribution in [0.2, 0.25) is 0 Å². The van der Waals surface area contributed by atoms with Crippen molar-refractivity contribution < 1.29 is 23.8 Å². The Balaban J connectivity index is 2.03. The van der Waals surface area contributed by atoms with Crippen LogP contribution in [0.15, 0.2) is 12.2 Å². The van der Waals surface area contributed by atoms with Crippen molar-refractivity contribution in [2.24, 2.45) is 11.7 Å². The number of aliphatic carboxylic acids is 1. The van der Waals surface area contributed by atoms with Crippen LogP contribution < -0.4 is 5.73 Å². The molecular formula is C15H25F2NO3. The van der Waals surface area contributed by atoms with Crippen molar-refractivity contribution in [2.45, 2.75) is 69.4 Å². The number of nitrogens with two attached hydrogens (primary N) is 1. The number of carboxylic acids is 1. The summed E-state index contributed by atoms with van der Waals surface area (Å²) in [5, 5.41) is 18.6. The molecule has 0 heterocycles. The van der Waals surface area contributed by atoms with Gasteiger partial charge in [-0.2, -0.15) is 0 Å². The Kier molecular flexibility index (Phi) is 7.25. The van der Waals surface area contributed by atoms with Gasteiger partial charge in [-0.1, -0.05) is 25.0 Å². The second-order valence-electron chi connectivity index (χ2n) is 5.84. The highest BCUT2D eigenvalue weighted by Crippen LogP contribution is 2.38. The summed E-state index contributed by atoms with van der Waals surface area (Å²) in [5.74, 6) is -1.24. The van der Waals surface area contributed by atoms with Crippen LogP contribution in [-0.4, -0.2) is 34.3 Å². The Labute approximate surface area is 124 Å². The molecule has 0 aromatic rings. The Morgan fingerprint density at radius 2 is 1.95 bits per heavy atom. The summed E-state index contributed by atoms with van der Waals surface area (Å²) >= 11 is 0. The summed E-state index contributed by atoms with van der Waals surface area (Å²) in [6.07, 6.45) is 5.83. The van der Waals surface area contributed by atoms with Gasteiger partial charge in [-0.05, 0) is 38.0 Å². The van der Waals surface area contributed by atoms with E-state index in [9.17, 15) is 18.7 Å². The lowest BCUT2D eigenvalue weighted by Crippen LogP contribution is -2.69. The van der Waals surface area contributed by atoms with E-state index in [-0.39, 0.29) is 12.3 Å². The molecule has 6 heteroatoms. The molecule has 3 unspecified atom stereocenters. The number of aliphatic hydroxyl groups is 1. The lowest BCUT2D eigenvalue weighted by Gasteiger charge is -2.46. The maximum absolute atomic E-state index is 11.9. The van der Waals surface area contributed by atoms with Gasteiger partial charge in [0.05, 0.1) is 6.10 Å². The molecule has 0 aromatic carbocycles. The number of carboxylic acid groups (broad SMARTS) is 1. The van der Waals surface area contributed by atoms with Gasteiger partial charge in [0.15, 0.2) is 0 Å². The number of alkyl halides is 2. The quantitative estimate of drug-likeness (QED) is 0.428. The molecule has 0 saturated heterocycles. The Hall–Kier alpha value is -1.01. The van der Waals surface area contributed by atoms with Crippen LogP contribution in [0, 0.1) is 5.92 Å². The average Bonchev–Trinajstić information content (AvgIpc) is 2.43. The molecule has 122 valence electrons. The second kappa shape index (κ2) is 8.44. The second-order valence-corrected chi connectivity index (χ2v) is 5.84. The number of halogens is 2. The molecule has 0 bridgehead atoms. The molecule has 0 spiro atoms. The van der Waals surface area contributed by atoms with Gasteiger partial charge in [0.1, 0.15) is 5.54 Å². The molecule has 3 atom stereocenters. The fraction of sp³-hybridized carbons (Fsp3) is 0.800. The molecule has 0 aliphatic heterocycles. The van der Waals surface area contributed by atoms with E-state index in [1.54, 1.807) is 0 Å². The van der Waals surface area contributed by atoms with E-state index in [2.05, 4.69) is 0 Å². The Morgan fingerprint density at radius 1 is 1.29 bits per heavy atom. The van der Waals surface area contributed by atoms with Crippen molar-refractivity contribution in [1.82, 2.24) is 0 Å². The van der Waals surface area contributed by atoms with Gasteiger partial charge in [0, 0.05) is 6.42 Å². The minimum atomic E-state index is -2.20. The fourth-order valence-electron chi connectivity index (χ4n) is 2.66. The van der Waals surface area contributed by atoms with Crippen LogP contribution >= 0.6 is 0 Å². The monoisotopic (exact) mass is 305 g/mol. The first-order valence-corrected chi connectivity index (χ1v) is 7.51. The third-order valence-electron chi connectivity index (χ3n) is 4.12. The van der Waals surface area contributed by atoms with Crippen molar-refractivity contribution in [3.8, 4) is 0 Å². The maximum atomic E-state index is 11.9. The minimum Gasteiger partial charge on any atom is -0.480 e. The molecular weight excluding hydrogens is 280 g/mol. The molecule has 1 rings (SSSR count).